The van der Waals surface area contributed by atoms with Gasteiger partial charge in [0.05, 0.1) is 4.92 Å². The van der Waals surface area contributed by atoms with E-state index in [9.17, 15) is 14.9 Å². The molecule has 0 fully saturated rings. The molecule has 0 bridgehead atoms. The van der Waals surface area contributed by atoms with E-state index in [2.05, 4.69) is 26.6 Å². The Morgan fingerprint density at radius 3 is 2.81 bits per heavy atom. The molecule has 0 saturated heterocycles. The highest BCUT2D eigenvalue weighted by Crippen LogP contribution is 2.33. The van der Waals surface area contributed by atoms with Gasteiger partial charge in [-0.2, -0.15) is 0 Å². The van der Waals surface area contributed by atoms with Gasteiger partial charge in [-0.1, -0.05) is 6.07 Å². The number of carboxylic acid groups (broad SMARTS) is 1. The predicted octanol–water partition coefficient (Wildman–Crippen LogP) is 3.60. The van der Waals surface area contributed by atoms with E-state index in [1.807, 2.05) is 6.92 Å². The number of unbranched alkanes of at least 4 members (excludes halogenated alkanes) is 1. The van der Waals surface area contributed by atoms with Crippen molar-refractivity contribution in [3.8, 4) is 0 Å². The number of nitrogens with one attached hydrogen (secondary N) is 2. The lowest BCUT2D eigenvalue weighted by Gasteiger charge is -2.16. The quantitative estimate of drug-likeness (QED) is 0.373. The lowest BCUT2D eigenvalue weighted by atomic mass is 10.1. The van der Waals surface area contributed by atoms with Crippen molar-refractivity contribution in [2.75, 3.05) is 11.9 Å². The molecule has 116 valence electrons. The van der Waals surface area contributed by atoms with Gasteiger partial charge in [0, 0.05) is 23.1 Å². The van der Waals surface area contributed by atoms with Gasteiger partial charge in [-0.3, -0.25) is 10.1 Å². The highest BCUT2D eigenvalue weighted by molar-refractivity contribution is 9.10. The predicted molar refractivity (Wildman–Crippen MR) is 83.8 cm³/mol. The maximum Gasteiger partial charge on any atom is 0.404 e. The summed E-state index contributed by atoms with van der Waals surface area (Å²) in [5.41, 5.74) is 0.502. The molecule has 0 heterocycles. The van der Waals surface area contributed by atoms with Gasteiger partial charge < -0.3 is 15.7 Å². The fourth-order valence-electron chi connectivity index (χ4n) is 1.90. The number of rotatable bonds is 8. The van der Waals surface area contributed by atoms with Gasteiger partial charge >= 0.3 is 6.09 Å². The lowest BCUT2D eigenvalue weighted by Crippen LogP contribution is -2.22. The molecule has 0 aromatic heterocycles. The molecule has 0 radical (unpaired) electrons. The summed E-state index contributed by atoms with van der Waals surface area (Å²) in [4.78, 5) is 20.9. The van der Waals surface area contributed by atoms with Crippen molar-refractivity contribution in [1.29, 1.82) is 0 Å². The Morgan fingerprint density at radius 1 is 1.48 bits per heavy atom. The normalized spacial score (nSPS) is 11.7. The van der Waals surface area contributed by atoms with Crippen LogP contribution in [0.2, 0.25) is 0 Å². The van der Waals surface area contributed by atoms with Crippen molar-refractivity contribution in [3.05, 3.63) is 32.8 Å². The van der Waals surface area contributed by atoms with Crippen LogP contribution < -0.4 is 10.6 Å². The lowest BCUT2D eigenvalue weighted by molar-refractivity contribution is -0.384. The van der Waals surface area contributed by atoms with Crippen molar-refractivity contribution < 1.29 is 14.8 Å². The maximum absolute atomic E-state index is 11.0. The van der Waals surface area contributed by atoms with Gasteiger partial charge in [-0.15, -0.1) is 0 Å². The molecule has 8 heteroatoms. The molecule has 1 aromatic carbocycles. The third-order valence-corrected chi connectivity index (χ3v) is 3.58. The number of amides is 1. The van der Waals surface area contributed by atoms with Gasteiger partial charge in [0.2, 0.25) is 0 Å². The van der Waals surface area contributed by atoms with E-state index < -0.39 is 11.0 Å². The van der Waals surface area contributed by atoms with Crippen LogP contribution in [0, 0.1) is 10.1 Å². The minimum absolute atomic E-state index is 0.0313. The number of nitro benzene ring substituents is 1. The number of halogens is 1. The average molecular weight is 360 g/mol. The number of hydrogen-bond acceptors (Lipinski definition) is 4. The van der Waals surface area contributed by atoms with Crippen molar-refractivity contribution in [2.45, 2.75) is 32.2 Å². The molecular formula is C13H18BrN3O4. The van der Waals surface area contributed by atoms with E-state index >= 15 is 0 Å². The number of para-hydroxylation sites is 1. The Kier molecular flexibility index (Phi) is 6.93. The van der Waals surface area contributed by atoms with Gasteiger partial charge in [0.25, 0.3) is 5.69 Å². The zero-order valence-corrected chi connectivity index (χ0v) is 13.2. The van der Waals surface area contributed by atoms with Gasteiger partial charge in [-0.05, 0) is 48.2 Å². The monoisotopic (exact) mass is 359 g/mol. The number of carbonyl (C=O) groups is 1. The molecule has 3 N–H and O–H groups in total. The summed E-state index contributed by atoms with van der Waals surface area (Å²) in [6, 6.07) is 4.87. The first-order chi connectivity index (χ1) is 9.91. The number of nitro groups is 1. The molecule has 1 rings (SSSR count). The minimum Gasteiger partial charge on any atom is -0.465 e. The van der Waals surface area contributed by atoms with Crippen LogP contribution in [-0.2, 0) is 0 Å². The number of nitrogens with zero attached hydrogens (tertiary/aromatic N) is 1. The summed E-state index contributed by atoms with van der Waals surface area (Å²) >= 11 is 3.31. The van der Waals surface area contributed by atoms with E-state index in [1.54, 1.807) is 12.1 Å². The standard InChI is InChI=1S/C13H18BrN3O4/c1-9(5-2-3-8-15-13(18)19)16-12-10(14)6-4-7-11(12)17(20)21/h4,6-7,9,15-16H,2-3,5,8H2,1H3,(H,18,19)/t9-/m0/s1. The van der Waals surface area contributed by atoms with E-state index in [1.165, 1.54) is 6.07 Å². The van der Waals surface area contributed by atoms with Crippen LogP contribution in [0.4, 0.5) is 16.2 Å². The smallest absolute Gasteiger partial charge is 0.404 e. The Morgan fingerprint density at radius 2 is 2.19 bits per heavy atom. The van der Waals surface area contributed by atoms with Crippen molar-refractivity contribution >= 4 is 33.4 Å². The summed E-state index contributed by atoms with van der Waals surface area (Å²) in [6.07, 6.45) is 1.33. The summed E-state index contributed by atoms with van der Waals surface area (Å²) in [7, 11) is 0. The number of anilines is 1. The molecule has 21 heavy (non-hydrogen) atoms. The SMILES string of the molecule is C[C@@H](CCCCNC(=O)O)Nc1c(Br)cccc1[N+](=O)[O-]. The highest BCUT2D eigenvalue weighted by Gasteiger charge is 2.17. The molecule has 7 nitrogen and oxygen atoms in total. The van der Waals surface area contributed by atoms with Crippen LogP contribution >= 0.6 is 15.9 Å². The van der Waals surface area contributed by atoms with Crippen LogP contribution in [0.1, 0.15) is 26.2 Å². The molecule has 0 aliphatic rings. The fourth-order valence-corrected chi connectivity index (χ4v) is 2.37. The van der Waals surface area contributed by atoms with Crippen LogP contribution in [-0.4, -0.2) is 28.7 Å². The van der Waals surface area contributed by atoms with Gasteiger partial charge in [-0.25, -0.2) is 4.79 Å². The first-order valence-corrected chi connectivity index (χ1v) is 7.37. The highest BCUT2D eigenvalue weighted by atomic mass is 79.9. The van der Waals surface area contributed by atoms with E-state index in [4.69, 9.17) is 5.11 Å². The second-order valence-electron chi connectivity index (χ2n) is 4.66. The Bertz CT molecular complexity index is 510. The second-order valence-corrected chi connectivity index (χ2v) is 5.52. The molecule has 0 aliphatic carbocycles. The molecule has 0 saturated carbocycles. The van der Waals surface area contributed by atoms with Crippen LogP contribution in [0.3, 0.4) is 0 Å². The molecule has 0 unspecified atom stereocenters. The van der Waals surface area contributed by atoms with E-state index in [0.29, 0.717) is 16.7 Å². The first kappa shape index (κ1) is 17.2. The Labute approximate surface area is 131 Å². The molecular weight excluding hydrogens is 342 g/mol. The fraction of sp³-hybridized carbons (Fsp3) is 0.462. The van der Waals surface area contributed by atoms with Crippen LogP contribution in [0.15, 0.2) is 22.7 Å². The van der Waals surface area contributed by atoms with Crippen LogP contribution in [0.5, 0.6) is 0 Å². The first-order valence-electron chi connectivity index (χ1n) is 6.58. The molecule has 0 aliphatic heterocycles. The zero-order chi connectivity index (χ0) is 15.8. The average Bonchev–Trinajstić information content (AvgIpc) is 2.40. The summed E-state index contributed by atoms with van der Waals surface area (Å²) < 4.78 is 0.649. The number of hydrogen-bond donors (Lipinski definition) is 3. The minimum atomic E-state index is -1.02. The molecule has 0 spiro atoms. The van der Waals surface area contributed by atoms with Crippen LogP contribution in [0.25, 0.3) is 0 Å². The third-order valence-electron chi connectivity index (χ3n) is 2.92. The summed E-state index contributed by atoms with van der Waals surface area (Å²) in [5, 5.41) is 24.9. The largest absolute Gasteiger partial charge is 0.465 e. The second kappa shape index (κ2) is 8.46. The van der Waals surface area contributed by atoms with E-state index in [0.717, 1.165) is 19.3 Å². The maximum atomic E-state index is 11.0. The topological polar surface area (TPSA) is 104 Å². The van der Waals surface area contributed by atoms with Crippen molar-refractivity contribution in [3.63, 3.8) is 0 Å². The Balaban J connectivity index is 2.49. The number of benzene rings is 1. The van der Waals surface area contributed by atoms with Gasteiger partial charge in [0.1, 0.15) is 5.69 Å². The zero-order valence-electron chi connectivity index (χ0n) is 11.6. The van der Waals surface area contributed by atoms with Crippen molar-refractivity contribution in [2.24, 2.45) is 0 Å². The summed E-state index contributed by atoms with van der Waals surface area (Å²) in [6.45, 7) is 2.35. The third kappa shape index (κ3) is 5.99. The van der Waals surface area contributed by atoms with Gasteiger partial charge in [0.15, 0.2) is 0 Å². The molecule has 1 aromatic rings. The Hall–Kier alpha value is -1.83. The summed E-state index contributed by atoms with van der Waals surface area (Å²) in [5.74, 6) is 0. The molecule has 1 amide bonds. The molecule has 1 atom stereocenters. The van der Waals surface area contributed by atoms with E-state index in [-0.39, 0.29) is 11.7 Å². The van der Waals surface area contributed by atoms with Crippen molar-refractivity contribution in [1.82, 2.24) is 5.32 Å².